The Balaban J connectivity index is 2.40. The molecule has 2 aromatic rings. The number of nitrogens with two attached hydrogens (primary N) is 1. The molecule has 0 aliphatic rings. The molecule has 1 aromatic carbocycles. The highest BCUT2D eigenvalue weighted by atomic mass is 16.4. The van der Waals surface area contributed by atoms with E-state index in [9.17, 15) is 9.70 Å². The van der Waals surface area contributed by atoms with Crippen LogP contribution in [0.3, 0.4) is 0 Å². The molecular weight excluding hydrogens is 222 g/mol. The minimum Gasteiger partial charge on any atom is -0.480 e. The van der Waals surface area contributed by atoms with E-state index in [0.29, 0.717) is 5.69 Å². The predicted molar refractivity (Wildman–Crippen MR) is 63.1 cm³/mol. The van der Waals surface area contributed by atoms with Crippen LogP contribution in [-0.2, 0) is 11.2 Å². The van der Waals surface area contributed by atoms with Crippen LogP contribution in [0.4, 0.5) is 5.69 Å². The van der Waals surface area contributed by atoms with E-state index in [1.807, 2.05) is 0 Å². The third-order valence-electron chi connectivity index (χ3n) is 2.61. The topological polar surface area (TPSA) is 109 Å². The molecule has 0 saturated carbocycles. The zero-order valence-electron chi connectivity index (χ0n) is 8.88. The maximum Gasteiger partial charge on any atom is 0.320 e. The van der Waals surface area contributed by atoms with Crippen LogP contribution in [0, 0.1) is 4.91 Å². The quantitative estimate of drug-likeness (QED) is 0.695. The number of fused-ring (bicyclic) bond motifs is 1. The zero-order valence-corrected chi connectivity index (χ0v) is 8.88. The lowest BCUT2D eigenvalue weighted by Gasteiger charge is -2.04. The number of nitroso groups, excluding NO2 is 1. The smallest absolute Gasteiger partial charge is 0.320 e. The Morgan fingerprint density at radius 2 is 2.29 bits per heavy atom. The largest absolute Gasteiger partial charge is 0.480 e. The summed E-state index contributed by atoms with van der Waals surface area (Å²) >= 11 is 0. The van der Waals surface area contributed by atoms with E-state index in [4.69, 9.17) is 10.8 Å². The second-order valence-electron chi connectivity index (χ2n) is 3.78. The molecule has 17 heavy (non-hydrogen) atoms. The summed E-state index contributed by atoms with van der Waals surface area (Å²) in [5, 5.41) is 12.4. The first-order valence-electron chi connectivity index (χ1n) is 5.03. The monoisotopic (exact) mass is 233 g/mol. The summed E-state index contributed by atoms with van der Waals surface area (Å²) in [4.78, 5) is 24.1. The van der Waals surface area contributed by atoms with Gasteiger partial charge in [0.2, 0.25) is 0 Å². The second-order valence-corrected chi connectivity index (χ2v) is 3.78. The first kappa shape index (κ1) is 11.3. The number of carbonyl (C=O) groups is 1. The maximum atomic E-state index is 10.7. The van der Waals surface area contributed by atoms with E-state index in [1.165, 1.54) is 0 Å². The fraction of sp³-hybridized carbons (Fsp3) is 0.182. The molecule has 1 heterocycles. The van der Waals surface area contributed by atoms with Gasteiger partial charge in [0, 0.05) is 23.5 Å². The lowest BCUT2D eigenvalue weighted by atomic mass is 10.1. The Kier molecular flexibility index (Phi) is 2.88. The summed E-state index contributed by atoms with van der Waals surface area (Å²) < 4.78 is 0. The number of hydrogen-bond donors (Lipinski definition) is 3. The van der Waals surface area contributed by atoms with Crippen molar-refractivity contribution in [2.75, 3.05) is 0 Å². The molecule has 0 aliphatic carbocycles. The number of benzene rings is 1. The van der Waals surface area contributed by atoms with Crippen LogP contribution in [0.15, 0.2) is 29.6 Å². The highest BCUT2D eigenvalue weighted by Gasteiger charge is 2.15. The van der Waals surface area contributed by atoms with E-state index < -0.39 is 12.0 Å². The molecule has 0 aliphatic heterocycles. The summed E-state index contributed by atoms with van der Waals surface area (Å²) in [7, 11) is 0. The van der Waals surface area contributed by atoms with Crippen molar-refractivity contribution in [2.45, 2.75) is 12.5 Å². The maximum absolute atomic E-state index is 10.7. The first-order valence-corrected chi connectivity index (χ1v) is 5.03. The van der Waals surface area contributed by atoms with Crippen LogP contribution in [0.2, 0.25) is 0 Å². The van der Waals surface area contributed by atoms with Crippen molar-refractivity contribution < 1.29 is 9.90 Å². The molecule has 0 bridgehead atoms. The van der Waals surface area contributed by atoms with E-state index in [0.717, 1.165) is 16.5 Å². The predicted octanol–water partition coefficient (Wildman–Crippen LogP) is 1.52. The number of hydrogen-bond acceptors (Lipinski definition) is 4. The zero-order chi connectivity index (χ0) is 12.4. The van der Waals surface area contributed by atoms with Crippen molar-refractivity contribution in [1.29, 1.82) is 0 Å². The molecule has 4 N–H and O–H groups in total. The van der Waals surface area contributed by atoms with Gasteiger partial charge in [-0.2, -0.15) is 0 Å². The standard InChI is InChI=1S/C11H11N3O3/c12-9(11(15)16)3-6-5-13-10-2-1-7(14-17)4-8(6)10/h1-2,4-5,9,13H,3,12H2,(H,15,16)/t9-/m0/s1. The van der Waals surface area contributed by atoms with Gasteiger partial charge in [-0.1, -0.05) is 0 Å². The molecule has 0 spiro atoms. The average Bonchev–Trinajstić information content (AvgIpc) is 2.71. The number of rotatable bonds is 4. The number of carboxylic acids is 1. The van der Waals surface area contributed by atoms with Gasteiger partial charge >= 0.3 is 5.97 Å². The molecule has 0 radical (unpaired) electrons. The summed E-state index contributed by atoms with van der Waals surface area (Å²) in [6.45, 7) is 0. The van der Waals surface area contributed by atoms with Gasteiger partial charge in [-0.25, -0.2) is 0 Å². The normalized spacial score (nSPS) is 12.5. The molecule has 1 aromatic heterocycles. The lowest BCUT2D eigenvalue weighted by Crippen LogP contribution is -2.32. The van der Waals surface area contributed by atoms with Crippen LogP contribution in [0.5, 0.6) is 0 Å². The average molecular weight is 233 g/mol. The summed E-state index contributed by atoms with van der Waals surface area (Å²) in [5.41, 5.74) is 7.37. The minimum atomic E-state index is -1.05. The Bertz CT molecular complexity index is 576. The SMILES string of the molecule is N[C@@H](Cc1c[nH]c2ccc(N=O)cc12)C(=O)O. The summed E-state index contributed by atoms with van der Waals surface area (Å²) in [6, 6.07) is 3.97. The van der Waals surface area contributed by atoms with Gasteiger partial charge < -0.3 is 15.8 Å². The van der Waals surface area contributed by atoms with Gasteiger partial charge in [0.25, 0.3) is 0 Å². The fourth-order valence-corrected chi connectivity index (χ4v) is 1.72. The van der Waals surface area contributed by atoms with Crippen molar-refractivity contribution >= 4 is 22.6 Å². The van der Waals surface area contributed by atoms with Gasteiger partial charge in [-0.3, -0.25) is 4.79 Å². The number of aromatic nitrogens is 1. The summed E-state index contributed by atoms with van der Waals surface area (Å²) in [6.07, 6.45) is 1.90. The van der Waals surface area contributed by atoms with Crippen LogP contribution >= 0.6 is 0 Å². The number of H-pyrrole nitrogens is 1. The van der Waals surface area contributed by atoms with Crippen molar-refractivity contribution in [1.82, 2.24) is 4.98 Å². The number of aliphatic carboxylic acids is 1. The van der Waals surface area contributed by atoms with Gasteiger partial charge in [-0.05, 0) is 28.9 Å². The Morgan fingerprint density at radius 1 is 1.53 bits per heavy atom. The number of carboxylic acid groups (broad SMARTS) is 1. The highest BCUT2D eigenvalue weighted by molar-refractivity contribution is 5.86. The van der Waals surface area contributed by atoms with Gasteiger partial charge in [0.05, 0.1) is 0 Å². The van der Waals surface area contributed by atoms with Gasteiger partial charge in [-0.15, -0.1) is 4.91 Å². The first-order chi connectivity index (χ1) is 8.11. The summed E-state index contributed by atoms with van der Waals surface area (Å²) in [5.74, 6) is -1.05. The number of nitrogens with one attached hydrogen (secondary N) is 1. The Morgan fingerprint density at radius 3 is 2.94 bits per heavy atom. The molecule has 2 rings (SSSR count). The fourth-order valence-electron chi connectivity index (χ4n) is 1.72. The lowest BCUT2D eigenvalue weighted by molar-refractivity contribution is -0.138. The van der Waals surface area contributed by atoms with Crippen molar-refractivity contribution in [2.24, 2.45) is 10.9 Å². The molecule has 6 heteroatoms. The van der Waals surface area contributed by atoms with Crippen LogP contribution < -0.4 is 5.73 Å². The van der Waals surface area contributed by atoms with Crippen LogP contribution in [0.25, 0.3) is 10.9 Å². The molecule has 88 valence electrons. The molecule has 1 atom stereocenters. The second kappa shape index (κ2) is 4.34. The van der Waals surface area contributed by atoms with Crippen molar-refractivity contribution in [3.05, 3.63) is 34.9 Å². The highest BCUT2D eigenvalue weighted by Crippen LogP contribution is 2.24. The van der Waals surface area contributed by atoms with Gasteiger partial charge in [0.15, 0.2) is 0 Å². The van der Waals surface area contributed by atoms with Gasteiger partial charge in [0.1, 0.15) is 11.7 Å². The Hall–Kier alpha value is -2.21. The molecule has 6 nitrogen and oxygen atoms in total. The Labute approximate surface area is 96.4 Å². The molecular formula is C11H11N3O3. The molecule has 0 unspecified atom stereocenters. The van der Waals surface area contributed by atoms with Crippen LogP contribution in [0.1, 0.15) is 5.56 Å². The molecule has 0 amide bonds. The van der Waals surface area contributed by atoms with E-state index in [2.05, 4.69) is 10.2 Å². The van der Waals surface area contributed by atoms with E-state index in [-0.39, 0.29) is 6.42 Å². The minimum absolute atomic E-state index is 0.206. The molecule has 0 fully saturated rings. The third-order valence-corrected chi connectivity index (χ3v) is 2.61. The van der Waals surface area contributed by atoms with E-state index >= 15 is 0 Å². The van der Waals surface area contributed by atoms with E-state index in [1.54, 1.807) is 24.4 Å². The van der Waals surface area contributed by atoms with Crippen LogP contribution in [-0.4, -0.2) is 22.1 Å². The number of aromatic amines is 1. The van der Waals surface area contributed by atoms with Crippen molar-refractivity contribution in [3.63, 3.8) is 0 Å². The van der Waals surface area contributed by atoms with Crippen molar-refractivity contribution in [3.8, 4) is 0 Å². The third kappa shape index (κ3) is 2.16. The molecule has 0 saturated heterocycles. The number of nitrogens with zero attached hydrogens (tertiary/aromatic N) is 1.